The number of nitrogens with zero attached hydrogens (tertiary/aromatic N) is 1. The fourth-order valence-corrected chi connectivity index (χ4v) is 1.07. The average molecular weight is 224 g/mol. The van der Waals surface area contributed by atoms with E-state index in [4.69, 9.17) is 18.0 Å². The van der Waals surface area contributed by atoms with Gasteiger partial charge in [0.2, 0.25) is 5.91 Å². The monoisotopic (exact) mass is 223 g/mol. The van der Waals surface area contributed by atoms with E-state index in [1.54, 1.807) is 12.1 Å². The summed E-state index contributed by atoms with van der Waals surface area (Å²) in [4.78, 5) is 15.2. The number of halogens is 1. The van der Waals surface area contributed by atoms with E-state index < -0.39 is 0 Å². The fourth-order valence-electron chi connectivity index (χ4n) is 0.908. The lowest BCUT2D eigenvalue weighted by molar-refractivity contribution is -0.115. The Hall–Kier alpha value is -1.57. The van der Waals surface area contributed by atoms with Crippen LogP contribution in [-0.4, -0.2) is 24.0 Å². The Morgan fingerprint density at radius 3 is 3.13 bits per heavy atom. The fraction of sp³-hybridized carbons (Fsp3) is 0.200. The van der Waals surface area contributed by atoms with Gasteiger partial charge in [-0.2, -0.15) is 0 Å². The van der Waals surface area contributed by atoms with E-state index in [1.807, 2.05) is 0 Å². The smallest absolute Gasteiger partial charge is 0.239 e. The zero-order chi connectivity index (χ0) is 11.1. The molecule has 0 aliphatic carbocycles. The minimum Gasteiger partial charge on any atom is -0.310 e. The van der Waals surface area contributed by atoms with Crippen molar-refractivity contribution < 1.29 is 4.79 Å². The SMILES string of the molecule is C#CCNCC(=O)Nc1cc(Cl)ccn1. The second-order valence-corrected chi connectivity index (χ2v) is 3.15. The first kappa shape index (κ1) is 11.5. The molecule has 0 saturated heterocycles. The Bertz CT molecular complexity index is 386. The number of carbonyl (C=O) groups excluding carboxylic acids is 1. The van der Waals surface area contributed by atoms with Gasteiger partial charge in [0, 0.05) is 11.2 Å². The maximum absolute atomic E-state index is 11.3. The summed E-state index contributed by atoms with van der Waals surface area (Å²) in [5.41, 5.74) is 0. The molecule has 0 aliphatic rings. The van der Waals surface area contributed by atoms with E-state index in [-0.39, 0.29) is 12.5 Å². The minimum absolute atomic E-state index is 0.151. The molecule has 15 heavy (non-hydrogen) atoms. The summed E-state index contributed by atoms with van der Waals surface area (Å²) in [6, 6.07) is 3.20. The maximum Gasteiger partial charge on any atom is 0.239 e. The summed E-state index contributed by atoms with van der Waals surface area (Å²) in [6.45, 7) is 0.509. The predicted molar refractivity (Wildman–Crippen MR) is 59.6 cm³/mol. The van der Waals surface area contributed by atoms with Crippen LogP contribution in [0, 0.1) is 12.3 Å². The highest BCUT2D eigenvalue weighted by atomic mass is 35.5. The molecule has 78 valence electrons. The quantitative estimate of drug-likeness (QED) is 0.589. The topological polar surface area (TPSA) is 54.0 Å². The van der Waals surface area contributed by atoms with E-state index >= 15 is 0 Å². The molecule has 2 N–H and O–H groups in total. The molecule has 0 spiro atoms. The Kier molecular flexibility index (Phi) is 4.61. The Labute approximate surface area is 93.0 Å². The molecule has 1 rings (SSSR count). The highest BCUT2D eigenvalue weighted by Crippen LogP contribution is 2.11. The first-order chi connectivity index (χ1) is 7.22. The highest BCUT2D eigenvalue weighted by Gasteiger charge is 2.02. The third-order valence-electron chi connectivity index (χ3n) is 1.50. The Morgan fingerprint density at radius 2 is 2.47 bits per heavy atom. The number of aromatic nitrogens is 1. The Morgan fingerprint density at radius 1 is 1.67 bits per heavy atom. The summed E-state index contributed by atoms with van der Waals surface area (Å²) in [6.07, 6.45) is 6.53. The van der Waals surface area contributed by atoms with Gasteiger partial charge in [0.25, 0.3) is 0 Å². The van der Waals surface area contributed by atoms with Crippen molar-refractivity contribution in [3.8, 4) is 12.3 Å². The molecule has 4 nitrogen and oxygen atoms in total. The van der Waals surface area contributed by atoms with Crippen LogP contribution < -0.4 is 10.6 Å². The zero-order valence-electron chi connectivity index (χ0n) is 7.96. The van der Waals surface area contributed by atoms with Crippen molar-refractivity contribution in [2.24, 2.45) is 0 Å². The first-order valence-electron chi connectivity index (χ1n) is 4.28. The van der Waals surface area contributed by atoms with Crippen molar-refractivity contribution in [1.29, 1.82) is 0 Å². The average Bonchev–Trinajstić information content (AvgIpc) is 2.18. The lowest BCUT2D eigenvalue weighted by Gasteiger charge is -2.04. The number of pyridine rings is 1. The van der Waals surface area contributed by atoms with E-state index in [2.05, 4.69) is 21.5 Å². The lowest BCUT2D eigenvalue weighted by atomic mass is 10.4. The summed E-state index contributed by atoms with van der Waals surface area (Å²) >= 11 is 5.72. The van der Waals surface area contributed by atoms with E-state index in [1.165, 1.54) is 6.20 Å². The molecular formula is C10H10ClN3O. The minimum atomic E-state index is -0.208. The number of anilines is 1. The number of hydrogen-bond donors (Lipinski definition) is 2. The van der Waals surface area contributed by atoms with Crippen LogP contribution in [-0.2, 0) is 4.79 Å². The standard InChI is InChI=1S/C10H10ClN3O/c1-2-4-12-7-10(15)14-9-6-8(11)3-5-13-9/h1,3,5-6,12H,4,7H2,(H,13,14,15). The van der Waals surface area contributed by atoms with Crippen molar-refractivity contribution in [2.45, 2.75) is 0 Å². The lowest BCUT2D eigenvalue weighted by Crippen LogP contribution is -2.28. The van der Waals surface area contributed by atoms with E-state index in [9.17, 15) is 4.79 Å². The maximum atomic E-state index is 11.3. The van der Waals surface area contributed by atoms with Crippen LogP contribution >= 0.6 is 11.6 Å². The summed E-state index contributed by atoms with van der Waals surface area (Å²) < 4.78 is 0. The van der Waals surface area contributed by atoms with Crippen LogP contribution in [0.15, 0.2) is 18.3 Å². The second-order valence-electron chi connectivity index (χ2n) is 2.72. The molecule has 0 fully saturated rings. The van der Waals surface area contributed by atoms with Crippen molar-refractivity contribution in [3.05, 3.63) is 23.4 Å². The number of terminal acetylenes is 1. The van der Waals surface area contributed by atoms with E-state index in [0.717, 1.165) is 0 Å². The molecular weight excluding hydrogens is 214 g/mol. The predicted octanol–water partition coefficient (Wildman–Crippen LogP) is 0.896. The van der Waals surface area contributed by atoms with Gasteiger partial charge in [-0.05, 0) is 12.1 Å². The molecule has 0 saturated carbocycles. The van der Waals surface area contributed by atoms with Crippen molar-refractivity contribution >= 4 is 23.3 Å². The Balaban J connectivity index is 2.42. The second kappa shape index (κ2) is 6.02. The van der Waals surface area contributed by atoms with Crippen LogP contribution in [0.5, 0.6) is 0 Å². The molecule has 0 atom stereocenters. The molecule has 1 heterocycles. The van der Waals surface area contributed by atoms with Gasteiger partial charge < -0.3 is 5.32 Å². The normalized spacial score (nSPS) is 9.33. The molecule has 0 aliphatic heterocycles. The van der Waals surface area contributed by atoms with Crippen LogP contribution in [0.3, 0.4) is 0 Å². The molecule has 0 radical (unpaired) electrons. The number of hydrogen-bond acceptors (Lipinski definition) is 3. The number of rotatable bonds is 4. The molecule has 5 heteroatoms. The van der Waals surface area contributed by atoms with Gasteiger partial charge >= 0.3 is 0 Å². The number of carbonyl (C=O) groups is 1. The van der Waals surface area contributed by atoms with Crippen molar-refractivity contribution in [2.75, 3.05) is 18.4 Å². The van der Waals surface area contributed by atoms with Gasteiger partial charge in [-0.15, -0.1) is 6.42 Å². The highest BCUT2D eigenvalue weighted by molar-refractivity contribution is 6.30. The van der Waals surface area contributed by atoms with Crippen LogP contribution in [0.4, 0.5) is 5.82 Å². The molecule has 0 aromatic carbocycles. The molecule has 0 bridgehead atoms. The third-order valence-corrected chi connectivity index (χ3v) is 1.74. The van der Waals surface area contributed by atoms with Crippen molar-refractivity contribution in [3.63, 3.8) is 0 Å². The third kappa shape index (κ3) is 4.45. The zero-order valence-corrected chi connectivity index (χ0v) is 8.71. The number of nitrogens with one attached hydrogen (secondary N) is 2. The first-order valence-corrected chi connectivity index (χ1v) is 4.66. The summed E-state index contributed by atoms with van der Waals surface area (Å²) in [5, 5.41) is 5.86. The van der Waals surface area contributed by atoms with Crippen LogP contribution in [0.1, 0.15) is 0 Å². The van der Waals surface area contributed by atoms with Gasteiger partial charge in [0.05, 0.1) is 13.1 Å². The van der Waals surface area contributed by atoms with Gasteiger partial charge in [0.1, 0.15) is 5.82 Å². The number of amides is 1. The largest absolute Gasteiger partial charge is 0.310 e. The van der Waals surface area contributed by atoms with Gasteiger partial charge in [-0.1, -0.05) is 17.5 Å². The molecule has 1 amide bonds. The summed E-state index contributed by atoms with van der Waals surface area (Å²) in [5.74, 6) is 2.59. The van der Waals surface area contributed by atoms with Gasteiger partial charge in [0.15, 0.2) is 0 Å². The summed E-state index contributed by atoms with van der Waals surface area (Å²) in [7, 11) is 0. The molecule has 1 aromatic heterocycles. The van der Waals surface area contributed by atoms with Crippen molar-refractivity contribution in [1.82, 2.24) is 10.3 Å². The van der Waals surface area contributed by atoms with E-state index in [0.29, 0.717) is 17.4 Å². The molecule has 1 aromatic rings. The van der Waals surface area contributed by atoms with Gasteiger partial charge in [-0.25, -0.2) is 4.98 Å². The van der Waals surface area contributed by atoms with Crippen LogP contribution in [0.2, 0.25) is 5.02 Å². The van der Waals surface area contributed by atoms with Gasteiger partial charge in [-0.3, -0.25) is 10.1 Å². The molecule has 0 unspecified atom stereocenters. The van der Waals surface area contributed by atoms with Crippen LogP contribution in [0.25, 0.3) is 0 Å².